The Labute approximate surface area is 100 Å². The van der Waals surface area contributed by atoms with E-state index >= 15 is 0 Å². The third kappa shape index (κ3) is 2.74. The molecule has 0 atom stereocenters. The van der Waals surface area contributed by atoms with Crippen LogP contribution >= 0.6 is 11.6 Å². The summed E-state index contributed by atoms with van der Waals surface area (Å²) in [5.41, 5.74) is 2.17. The Bertz CT molecular complexity index is 469. The van der Waals surface area contributed by atoms with E-state index in [1.807, 2.05) is 37.3 Å². The lowest BCUT2D eigenvalue weighted by molar-refractivity contribution is 1.09. The summed E-state index contributed by atoms with van der Waals surface area (Å²) in [7, 11) is 0. The highest BCUT2D eigenvalue weighted by molar-refractivity contribution is 6.32. The number of nitrogens with zero attached hydrogens (tertiary/aromatic N) is 1. The van der Waals surface area contributed by atoms with Crippen LogP contribution in [0.15, 0.2) is 42.5 Å². The molecule has 0 spiro atoms. The minimum absolute atomic E-state index is 0.654. The number of hydrogen-bond donors (Lipinski definition) is 1. The van der Waals surface area contributed by atoms with E-state index in [9.17, 15) is 0 Å². The molecule has 0 aliphatic carbocycles. The highest BCUT2D eigenvalue weighted by Crippen LogP contribution is 2.19. The Morgan fingerprint density at radius 3 is 2.62 bits per heavy atom. The molecule has 2 nitrogen and oxygen atoms in total. The first-order chi connectivity index (χ1) is 7.75. The van der Waals surface area contributed by atoms with Gasteiger partial charge in [0.1, 0.15) is 5.82 Å². The van der Waals surface area contributed by atoms with Gasteiger partial charge in [-0.1, -0.05) is 41.9 Å². The number of hydrogen-bond acceptors (Lipinski definition) is 2. The molecule has 3 heteroatoms. The second kappa shape index (κ2) is 4.99. The topological polar surface area (TPSA) is 24.9 Å². The minimum Gasteiger partial charge on any atom is -0.365 e. The molecule has 2 rings (SSSR count). The van der Waals surface area contributed by atoms with E-state index in [2.05, 4.69) is 22.4 Å². The normalized spacial score (nSPS) is 10.1. The lowest BCUT2D eigenvalue weighted by Gasteiger charge is -2.08. The zero-order chi connectivity index (χ0) is 11.4. The van der Waals surface area contributed by atoms with E-state index < -0.39 is 0 Å². The smallest absolute Gasteiger partial charge is 0.145 e. The second-order valence-electron chi connectivity index (χ2n) is 3.62. The Morgan fingerprint density at radius 1 is 1.12 bits per heavy atom. The Morgan fingerprint density at radius 2 is 1.88 bits per heavy atom. The van der Waals surface area contributed by atoms with E-state index in [0.29, 0.717) is 5.02 Å². The quantitative estimate of drug-likeness (QED) is 0.874. The molecule has 1 N–H and O–H groups in total. The van der Waals surface area contributed by atoms with E-state index in [1.165, 1.54) is 5.56 Å². The van der Waals surface area contributed by atoms with Crippen LogP contribution in [0.4, 0.5) is 5.82 Å². The summed E-state index contributed by atoms with van der Waals surface area (Å²) >= 11 is 6.04. The van der Waals surface area contributed by atoms with E-state index in [0.717, 1.165) is 18.1 Å². The fourth-order valence-electron chi connectivity index (χ4n) is 1.45. The first kappa shape index (κ1) is 11.0. The fraction of sp³-hybridized carbons (Fsp3) is 0.154. The van der Waals surface area contributed by atoms with Crippen molar-refractivity contribution in [3.05, 3.63) is 58.7 Å². The van der Waals surface area contributed by atoms with Crippen molar-refractivity contribution in [3.63, 3.8) is 0 Å². The van der Waals surface area contributed by atoms with E-state index in [-0.39, 0.29) is 0 Å². The Hall–Kier alpha value is -1.54. The largest absolute Gasteiger partial charge is 0.365 e. The summed E-state index contributed by atoms with van der Waals surface area (Å²) in [6, 6.07) is 13.9. The summed E-state index contributed by atoms with van der Waals surface area (Å²) in [6.07, 6.45) is 0. The first-order valence-electron chi connectivity index (χ1n) is 5.16. The second-order valence-corrected chi connectivity index (χ2v) is 4.03. The van der Waals surface area contributed by atoms with Crippen LogP contribution in [-0.2, 0) is 6.54 Å². The Kier molecular flexibility index (Phi) is 3.42. The third-order valence-electron chi connectivity index (χ3n) is 2.29. The Balaban J connectivity index is 2.08. The van der Waals surface area contributed by atoms with Gasteiger partial charge in [0, 0.05) is 12.2 Å². The zero-order valence-corrected chi connectivity index (χ0v) is 9.83. The first-order valence-corrected chi connectivity index (χ1v) is 5.54. The number of halogens is 1. The van der Waals surface area contributed by atoms with Gasteiger partial charge in [-0.2, -0.15) is 0 Å². The molecule has 0 aliphatic heterocycles. The van der Waals surface area contributed by atoms with Crippen molar-refractivity contribution < 1.29 is 0 Å². The maximum atomic E-state index is 6.04. The van der Waals surface area contributed by atoms with Crippen LogP contribution < -0.4 is 5.32 Å². The molecule has 1 aromatic carbocycles. The number of benzene rings is 1. The van der Waals surface area contributed by atoms with Gasteiger partial charge in [0.2, 0.25) is 0 Å². The maximum Gasteiger partial charge on any atom is 0.145 e. The van der Waals surface area contributed by atoms with E-state index in [1.54, 1.807) is 0 Å². The molecule has 0 radical (unpaired) electrons. The molecular formula is C13H13ClN2. The van der Waals surface area contributed by atoms with Crippen molar-refractivity contribution in [2.24, 2.45) is 0 Å². The van der Waals surface area contributed by atoms with Gasteiger partial charge >= 0.3 is 0 Å². The number of nitrogens with one attached hydrogen (secondary N) is 1. The third-order valence-corrected chi connectivity index (χ3v) is 2.59. The van der Waals surface area contributed by atoms with Crippen LogP contribution in [0.1, 0.15) is 11.3 Å². The number of aryl methyl sites for hydroxylation is 1. The predicted molar refractivity (Wildman–Crippen MR) is 67.8 cm³/mol. The highest BCUT2D eigenvalue weighted by Gasteiger charge is 2.01. The molecule has 0 saturated carbocycles. The van der Waals surface area contributed by atoms with Crippen LogP contribution in [0.5, 0.6) is 0 Å². The maximum absolute atomic E-state index is 6.04. The fourth-order valence-corrected chi connectivity index (χ4v) is 1.62. The predicted octanol–water partition coefficient (Wildman–Crippen LogP) is 3.66. The van der Waals surface area contributed by atoms with Gasteiger partial charge in [0.05, 0.1) is 5.02 Å². The molecule has 0 unspecified atom stereocenters. The van der Waals surface area contributed by atoms with Crippen molar-refractivity contribution in [1.82, 2.24) is 4.98 Å². The van der Waals surface area contributed by atoms with Gasteiger partial charge in [0.25, 0.3) is 0 Å². The monoisotopic (exact) mass is 232 g/mol. The van der Waals surface area contributed by atoms with Crippen molar-refractivity contribution in [3.8, 4) is 0 Å². The van der Waals surface area contributed by atoms with Gasteiger partial charge in [-0.15, -0.1) is 0 Å². The SMILES string of the molecule is Cc1ccc(Cl)c(NCc2ccccc2)n1. The van der Waals surface area contributed by atoms with Gasteiger partial charge < -0.3 is 5.32 Å². The number of anilines is 1. The molecule has 82 valence electrons. The van der Waals surface area contributed by atoms with Crippen LogP contribution in [0.3, 0.4) is 0 Å². The molecule has 1 aromatic heterocycles. The summed E-state index contributed by atoms with van der Waals surface area (Å²) in [5, 5.41) is 3.88. The summed E-state index contributed by atoms with van der Waals surface area (Å²) in [4.78, 5) is 4.34. The standard InChI is InChI=1S/C13H13ClN2/c1-10-7-8-12(14)13(16-10)15-9-11-5-3-2-4-6-11/h2-8H,9H2,1H3,(H,15,16). The molecule has 0 amide bonds. The van der Waals surface area contributed by atoms with Gasteiger partial charge in [-0.3, -0.25) is 0 Å². The van der Waals surface area contributed by atoms with Gasteiger partial charge in [-0.25, -0.2) is 4.98 Å². The number of aromatic nitrogens is 1. The van der Waals surface area contributed by atoms with Crippen molar-refractivity contribution >= 4 is 17.4 Å². The molecular weight excluding hydrogens is 220 g/mol. The lowest BCUT2D eigenvalue weighted by Crippen LogP contribution is -2.02. The molecule has 0 saturated heterocycles. The average Bonchev–Trinajstić information content (AvgIpc) is 2.32. The lowest BCUT2D eigenvalue weighted by atomic mass is 10.2. The van der Waals surface area contributed by atoms with Crippen molar-refractivity contribution in [2.75, 3.05) is 5.32 Å². The number of pyridine rings is 1. The molecule has 16 heavy (non-hydrogen) atoms. The average molecular weight is 233 g/mol. The molecule has 1 heterocycles. The van der Waals surface area contributed by atoms with E-state index in [4.69, 9.17) is 11.6 Å². The van der Waals surface area contributed by atoms with Gasteiger partial charge in [-0.05, 0) is 24.6 Å². The molecule has 0 aliphatic rings. The number of rotatable bonds is 3. The summed E-state index contributed by atoms with van der Waals surface area (Å²) in [5.74, 6) is 0.741. The van der Waals surface area contributed by atoms with Crippen LogP contribution in [0.2, 0.25) is 5.02 Å². The highest BCUT2D eigenvalue weighted by atomic mass is 35.5. The van der Waals surface area contributed by atoms with Crippen LogP contribution in [0, 0.1) is 6.92 Å². The summed E-state index contributed by atoms with van der Waals surface area (Å²) in [6.45, 7) is 2.68. The summed E-state index contributed by atoms with van der Waals surface area (Å²) < 4.78 is 0. The molecule has 2 aromatic rings. The minimum atomic E-state index is 0.654. The van der Waals surface area contributed by atoms with Crippen LogP contribution in [0.25, 0.3) is 0 Å². The molecule has 0 fully saturated rings. The zero-order valence-electron chi connectivity index (χ0n) is 9.07. The molecule has 0 bridgehead atoms. The van der Waals surface area contributed by atoms with Gasteiger partial charge in [0.15, 0.2) is 0 Å². The van der Waals surface area contributed by atoms with Crippen molar-refractivity contribution in [1.29, 1.82) is 0 Å². The van der Waals surface area contributed by atoms with Crippen molar-refractivity contribution in [2.45, 2.75) is 13.5 Å². The van der Waals surface area contributed by atoms with Crippen LogP contribution in [-0.4, -0.2) is 4.98 Å².